The molecule has 0 aromatic heterocycles. The van der Waals surface area contributed by atoms with Crippen LogP contribution in [0, 0.1) is 5.92 Å². The number of rotatable bonds is 1. The van der Waals surface area contributed by atoms with Gasteiger partial charge in [0.25, 0.3) is 0 Å². The van der Waals surface area contributed by atoms with Gasteiger partial charge in [0, 0.05) is 19.3 Å². The SMILES string of the molecule is CCC1Cc2ccccc2N(C)C1. The molecule has 1 nitrogen and oxygen atoms in total. The number of hydrogen-bond acceptors (Lipinski definition) is 1. The Morgan fingerprint density at radius 1 is 1.38 bits per heavy atom. The molecule has 1 aromatic carbocycles. The summed E-state index contributed by atoms with van der Waals surface area (Å²) in [6.45, 7) is 3.50. The van der Waals surface area contributed by atoms with Crippen LogP contribution in [0.15, 0.2) is 24.3 Å². The van der Waals surface area contributed by atoms with E-state index in [9.17, 15) is 0 Å². The minimum Gasteiger partial charge on any atom is -0.374 e. The van der Waals surface area contributed by atoms with Gasteiger partial charge in [0.15, 0.2) is 0 Å². The molecule has 1 unspecified atom stereocenters. The molecule has 0 aliphatic carbocycles. The molecule has 0 radical (unpaired) electrons. The fraction of sp³-hybridized carbons (Fsp3) is 0.500. The van der Waals surface area contributed by atoms with Crippen molar-refractivity contribution >= 4 is 5.69 Å². The quantitative estimate of drug-likeness (QED) is 0.634. The van der Waals surface area contributed by atoms with Crippen molar-refractivity contribution in [2.24, 2.45) is 5.92 Å². The fourth-order valence-corrected chi connectivity index (χ4v) is 2.19. The van der Waals surface area contributed by atoms with Crippen molar-refractivity contribution in [2.45, 2.75) is 19.8 Å². The summed E-state index contributed by atoms with van der Waals surface area (Å²) in [5, 5.41) is 0. The Hall–Kier alpha value is -0.980. The second-order valence-corrected chi connectivity index (χ2v) is 3.99. The van der Waals surface area contributed by atoms with Gasteiger partial charge in [0.05, 0.1) is 0 Å². The van der Waals surface area contributed by atoms with Gasteiger partial charge in [0.1, 0.15) is 0 Å². The maximum atomic E-state index is 2.38. The molecule has 0 bridgehead atoms. The average molecular weight is 175 g/mol. The van der Waals surface area contributed by atoms with Crippen LogP contribution in [-0.2, 0) is 6.42 Å². The highest BCUT2D eigenvalue weighted by atomic mass is 15.1. The van der Waals surface area contributed by atoms with Crippen LogP contribution >= 0.6 is 0 Å². The van der Waals surface area contributed by atoms with Crippen LogP contribution in [-0.4, -0.2) is 13.6 Å². The van der Waals surface area contributed by atoms with Crippen LogP contribution in [0.25, 0.3) is 0 Å². The van der Waals surface area contributed by atoms with E-state index in [1.807, 2.05) is 0 Å². The summed E-state index contributed by atoms with van der Waals surface area (Å²) in [6.07, 6.45) is 2.55. The highest BCUT2D eigenvalue weighted by Crippen LogP contribution is 2.29. The van der Waals surface area contributed by atoms with Crippen LogP contribution in [0.2, 0.25) is 0 Å². The predicted molar refractivity (Wildman–Crippen MR) is 57.2 cm³/mol. The lowest BCUT2D eigenvalue weighted by molar-refractivity contribution is 0.489. The van der Waals surface area contributed by atoms with Gasteiger partial charge in [-0.05, 0) is 24.0 Å². The van der Waals surface area contributed by atoms with Crippen molar-refractivity contribution in [1.82, 2.24) is 0 Å². The van der Waals surface area contributed by atoms with Crippen molar-refractivity contribution in [3.8, 4) is 0 Å². The summed E-state index contributed by atoms with van der Waals surface area (Å²) in [6, 6.07) is 8.75. The average Bonchev–Trinajstić information content (AvgIpc) is 2.18. The number of benzene rings is 1. The van der Waals surface area contributed by atoms with Crippen LogP contribution in [0.4, 0.5) is 5.69 Å². The molecule has 0 saturated carbocycles. The third-order valence-electron chi connectivity index (χ3n) is 3.02. The monoisotopic (exact) mass is 175 g/mol. The summed E-state index contributed by atoms with van der Waals surface area (Å²) in [5.41, 5.74) is 2.94. The largest absolute Gasteiger partial charge is 0.374 e. The van der Waals surface area contributed by atoms with Crippen molar-refractivity contribution in [2.75, 3.05) is 18.5 Å². The molecule has 1 aromatic rings. The first kappa shape index (κ1) is 8.61. The lowest BCUT2D eigenvalue weighted by Gasteiger charge is -2.32. The second-order valence-electron chi connectivity index (χ2n) is 3.99. The molecule has 0 saturated heterocycles. The molecule has 13 heavy (non-hydrogen) atoms. The van der Waals surface area contributed by atoms with Gasteiger partial charge in [-0.3, -0.25) is 0 Å². The maximum absolute atomic E-state index is 2.38. The fourth-order valence-electron chi connectivity index (χ4n) is 2.19. The van der Waals surface area contributed by atoms with E-state index >= 15 is 0 Å². The zero-order chi connectivity index (χ0) is 9.26. The van der Waals surface area contributed by atoms with Gasteiger partial charge in [-0.2, -0.15) is 0 Å². The number of nitrogens with zero attached hydrogens (tertiary/aromatic N) is 1. The zero-order valence-electron chi connectivity index (χ0n) is 8.46. The van der Waals surface area contributed by atoms with E-state index < -0.39 is 0 Å². The highest BCUT2D eigenvalue weighted by Gasteiger charge is 2.19. The molecular weight excluding hydrogens is 158 g/mol. The van der Waals surface area contributed by atoms with Crippen LogP contribution in [0.3, 0.4) is 0 Å². The van der Waals surface area contributed by atoms with Crippen LogP contribution < -0.4 is 4.90 Å². The first-order valence-corrected chi connectivity index (χ1v) is 5.10. The Bertz CT molecular complexity index is 293. The van der Waals surface area contributed by atoms with Crippen molar-refractivity contribution in [3.63, 3.8) is 0 Å². The number of fused-ring (bicyclic) bond motifs is 1. The van der Waals surface area contributed by atoms with Crippen molar-refractivity contribution < 1.29 is 0 Å². The molecule has 1 aliphatic heterocycles. The smallest absolute Gasteiger partial charge is 0.0396 e. The Kier molecular flexibility index (Phi) is 2.26. The molecule has 1 heterocycles. The second kappa shape index (κ2) is 3.41. The Morgan fingerprint density at radius 3 is 2.92 bits per heavy atom. The molecule has 0 amide bonds. The Balaban J connectivity index is 2.31. The molecule has 0 spiro atoms. The van der Waals surface area contributed by atoms with Gasteiger partial charge in [-0.15, -0.1) is 0 Å². The molecule has 1 atom stereocenters. The van der Waals surface area contributed by atoms with E-state index in [1.165, 1.54) is 30.6 Å². The number of hydrogen-bond donors (Lipinski definition) is 0. The molecule has 0 fully saturated rings. The van der Waals surface area contributed by atoms with Crippen molar-refractivity contribution in [1.29, 1.82) is 0 Å². The lowest BCUT2D eigenvalue weighted by atomic mass is 9.91. The summed E-state index contributed by atoms with van der Waals surface area (Å²) in [4.78, 5) is 2.38. The van der Waals surface area contributed by atoms with Gasteiger partial charge in [-0.1, -0.05) is 31.5 Å². The summed E-state index contributed by atoms with van der Waals surface area (Å²) < 4.78 is 0. The zero-order valence-corrected chi connectivity index (χ0v) is 8.46. The third-order valence-corrected chi connectivity index (χ3v) is 3.02. The summed E-state index contributed by atoms with van der Waals surface area (Å²) in [5.74, 6) is 0.847. The van der Waals surface area contributed by atoms with Crippen LogP contribution in [0.1, 0.15) is 18.9 Å². The van der Waals surface area contributed by atoms with Gasteiger partial charge in [-0.25, -0.2) is 0 Å². The van der Waals surface area contributed by atoms with Crippen molar-refractivity contribution in [3.05, 3.63) is 29.8 Å². The van der Waals surface area contributed by atoms with E-state index in [2.05, 4.69) is 43.1 Å². The number of para-hydroxylation sites is 1. The molecular formula is C12H17N. The lowest BCUT2D eigenvalue weighted by Crippen LogP contribution is -2.31. The van der Waals surface area contributed by atoms with E-state index in [0.717, 1.165) is 5.92 Å². The van der Waals surface area contributed by atoms with Gasteiger partial charge >= 0.3 is 0 Å². The predicted octanol–water partition coefficient (Wildman–Crippen LogP) is 2.71. The summed E-state index contributed by atoms with van der Waals surface area (Å²) in [7, 11) is 2.20. The minimum atomic E-state index is 0.847. The van der Waals surface area contributed by atoms with E-state index in [1.54, 1.807) is 0 Å². The Morgan fingerprint density at radius 2 is 2.15 bits per heavy atom. The first-order valence-electron chi connectivity index (χ1n) is 5.10. The van der Waals surface area contributed by atoms with Gasteiger partial charge < -0.3 is 4.90 Å². The maximum Gasteiger partial charge on any atom is 0.0396 e. The molecule has 70 valence electrons. The Labute approximate surface area is 80.4 Å². The topological polar surface area (TPSA) is 3.24 Å². The number of anilines is 1. The van der Waals surface area contributed by atoms with E-state index in [4.69, 9.17) is 0 Å². The third kappa shape index (κ3) is 1.55. The van der Waals surface area contributed by atoms with Crippen LogP contribution in [0.5, 0.6) is 0 Å². The van der Waals surface area contributed by atoms with E-state index in [0.29, 0.717) is 0 Å². The molecule has 2 rings (SSSR count). The molecule has 1 heteroatoms. The molecule has 0 N–H and O–H groups in total. The summed E-state index contributed by atoms with van der Waals surface area (Å²) >= 11 is 0. The normalized spacial score (nSPS) is 21.4. The molecule has 1 aliphatic rings. The standard InChI is InChI=1S/C12H17N/c1-3-10-8-11-6-4-5-7-12(11)13(2)9-10/h4-7,10H,3,8-9H2,1-2H3. The van der Waals surface area contributed by atoms with E-state index in [-0.39, 0.29) is 0 Å². The minimum absolute atomic E-state index is 0.847. The van der Waals surface area contributed by atoms with Gasteiger partial charge in [0.2, 0.25) is 0 Å². The first-order chi connectivity index (χ1) is 6.31. The highest BCUT2D eigenvalue weighted by molar-refractivity contribution is 5.55.